The number of likely N-dealkylation sites (N-methyl/N-ethyl adjacent to an activating group) is 1. The molecule has 0 unspecified atom stereocenters. The standard InChI is InChI=1S/C21H24N4O2.C2H6/c1-5-7-12-25(6-2)18(17-14(4)21(26)24-23-20(17)22)19-13(3)15-10-8-9-11-16(15)27-19;1-2/h5,7-11H,4,6,12H2,1-3H3,(H2,22,23)(H,24,26);1-2H3/b7-5-,18-17+;. The van der Waals surface area contributed by atoms with Crippen LogP contribution in [0.2, 0.25) is 0 Å². The van der Waals surface area contributed by atoms with Crippen molar-refractivity contribution in [3.63, 3.8) is 0 Å². The molecule has 0 radical (unpaired) electrons. The van der Waals surface area contributed by atoms with Gasteiger partial charge in [0.25, 0.3) is 5.56 Å². The Labute approximate surface area is 171 Å². The lowest BCUT2D eigenvalue weighted by atomic mass is 10.1. The quantitative estimate of drug-likeness (QED) is 0.650. The van der Waals surface area contributed by atoms with Gasteiger partial charge in [0.15, 0.2) is 11.6 Å². The molecule has 0 aliphatic rings. The highest BCUT2D eigenvalue weighted by Gasteiger charge is 2.21. The number of hydrogen-bond donors (Lipinski definition) is 2. The van der Waals surface area contributed by atoms with Crippen molar-refractivity contribution in [1.29, 1.82) is 0 Å². The van der Waals surface area contributed by atoms with Crippen LogP contribution in [0.4, 0.5) is 5.82 Å². The van der Waals surface area contributed by atoms with E-state index in [4.69, 9.17) is 10.2 Å². The molecule has 0 aliphatic heterocycles. The van der Waals surface area contributed by atoms with E-state index < -0.39 is 0 Å². The molecule has 29 heavy (non-hydrogen) atoms. The Kier molecular flexibility index (Phi) is 7.42. The Morgan fingerprint density at radius 2 is 2.03 bits per heavy atom. The topological polar surface area (TPSA) is 88.1 Å². The van der Waals surface area contributed by atoms with Gasteiger partial charge in [-0.3, -0.25) is 4.79 Å². The third-order valence-electron chi connectivity index (χ3n) is 4.66. The average Bonchev–Trinajstić information content (AvgIpc) is 3.08. The number of fused-ring (bicyclic) bond motifs is 1. The molecule has 0 bridgehead atoms. The van der Waals surface area contributed by atoms with E-state index in [2.05, 4.69) is 21.7 Å². The van der Waals surface area contributed by atoms with Gasteiger partial charge >= 0.3 is 0 Å². The highest BCUT2D eigenvalue weighted by atomic mass is 16.3. The van der Waals surface area contributed by atoms with Crippen molar-refractivity contribution >= 4 is 29.1 Å². The second-order valence-corrected chi connectivity index (χ2v) is 6.30. The van der Waals surface area contributed by atoms with E-state index in [1.54, 1.807) is 0 Å². The van der Waals surface area contributed by atoms with E-state index in [0.29, 0.717) is 24.1 Å². The number of nitrogen functional groups attached to an aromatic ring is 1. The summed E-state index contributed by atoms with van der Waals surface area (Å²) in [6, 6.07) is 7.85. The molecule has 3 rings (SSSR count). The SMILES string of the molecule is C=c1c(=O)[nH]nc(N)/c1=C(\c1oc2ccccc2c1C)N(CC)C/C=C\C.CC. The number of hydrogen-bond acceptors (Lipinski definition) is 5. The first-order chi connectivity index (χ1) is 14.0. The van der Waals surface area contributed by atoms with Crippen molar-refractivity contribution in [2.24, 2.45) is 0 Å². The molecule has 0 amide bonds. The summed E-state index contributed by atoms with van der Waals surface area (Å²) in [6.07, 6.45) is 4.03. The maximum atomic E-state index is 12.2. The summed E-state index contributed by atoms with van der Waals surface area (Å²) in [7, 11) is 0. The van der Waals surface area contributed by atoms with Crippen molar-refractivity contribution in [2.75, 3.05) is 18.8 Å². The Bertz CT molecular complexity index is 1170. The van der Waals surface area contributed by atoms with Gasteiger partial charge in [0, 0.05) is 29.3 Å². The Morgan fingerprint density at radius 3 is 2.66 bits per heavy atom. The van der Waals surface area contributed by atoms with E-state index >= 15 is 0 Å². The number of benzene rings is 1. The molecule has 3 aromatic rings. The Morgan fingerprint density at radius 1 is 1.34 bits per heavy atom. The molecule has 2 aromatic heterocycles. The predicted molar refractivity (Wildman–Crippen MR) is 121 cm³/mol. The lowest BCUT2D eigenvalue weighted by Gasteiger charge is -2.24. The lowest BCUT2D eigenvalue weighted by Crippen LogP contribution is -2.46. The molecule has 1 aromatic carbocycles. The summed E-state index contributed by atoms with van der Waals surface area (Å²) in [5.74, 6) is 0.889. The van der Waals surface area contributed by atoms with E-state index in [0.717, 1.165) is 22.2 Å². The number of nitrogens with one attached hydrogen (secondary N) is 1. The van der Waals surface area contributed by atoms with Gasteiger partial charge in [0.05, 0.1) is 10.9 Å². The first kappa shape index (κ1) is 22.0. The largest absolute Gasteiger partial charge is 0.454 e. The number of para-hydroxylation sites is 1. The maximum Gasteiger partial charge on any atom is 0.271 e. The van der Waals surface area contributed by atoms with Crippen LogP contribution in [0.25, 0.3) is 23.2 Å². The van der Waals surface area contributed by atoms with Gasteiger partial charge in [-0.15, -0.1) is 0 Å². The van der Waals surface area contributed by atoms with Crippen molar-refractivity contribution < 1.29 is 4.42 Å². The molecule has 154 valence electrons. The molecule has 2 heterocycles. The highest BCUT2D eigenvalue weighted by Crippen LogP contribution is 2.30. The number of aromatic nitrogens is 2. The minimum absolute atomic E-state index is 0.216. The van der Waals surface area contributed by atoms with Gasteiger partial charge < -0.3 is 15.1 Å². The molecular weight excluding hydrogens is 364 g/mol. The van der Waals surface area contributed by atoms with Crippen LogP contribution in [0.3, 0.4) is 0 Å². The van der Waals surface area contributed by atoms with Gasteiger partial charge in [-0.1, -0.05) is 50.8 Å². The van der Waals surface area contributed by atoms with Crippen molar-refractivity contribution in [1.82, 2.24) is 15.1 Å². The summed E-state index contributed by atoms with van der Waals surface area (Å²) in [5.41, 5.74) is 8.29. The number of H-pyrrole nitrogens is 1. The second kappa shape index (κ2) is 9.78. The van der Waals surface area contributed by atoms with Crippen LogP contribution in [-0.2, 0) is 0 Å². The third-order valence-corrected chi connectivity index (χ3v) is 4.66. The number of anilines is 1. The van der Waals surface area contributed by atoms with Crippen LogP contribution in [0.5, 0.6) is 0 Å². The number of furan rings is 1. The molecule has 0 saturated heterocycles. The summed E-state index contributed by atoms with van der Waals surface area (Å²) in [4.78, 5) is 14.3. The molecular formula is C23H30N4O2. The van der Waals surface area contributed by atoms with Gasteiger partial charge in [0.1, 0.15) is 5.58 Å². The van der Waals surface area contributed by atoms with Gasteiger partial charge in [-0.05, 0) is 26.8 Å². The summed E-state index contributed by atoms with van der Waals surface area (Å²) in [6.45, 7) is 15.3. The van der Waals surface area contributed by atoms with E-state index in [-0.39, 0.29) is 16.6 Å². The number of nitrogens with zero attached hydrogens (tertiary/aromatic N) is 2. The van der Waals surface area contributed by atoms with E-state index in [1.165, 1.54) is 0 Å². The fraction of sp³-hybridized carbons (Fsp3) is 0.304. The third kappa shape index (κ3) is 4.26. The zero-order valence-corrected chi connectivity index (χ0v) is 17.9. The zero-order chi connectivity index (χ0) is 21.6. The van der Waals surface area contributed by atoms with Crippen LogP contribution >= 0.6 is 0 Å². The van der Waals surface area contributed by atoms with Crippen LogP contribution in [0.15, 0.2) is 45.6 Å². The average molecular weight is 395 g/mol. The van der Waals surface area contributed by atoms with Crippen LogP contribution < -0.4 is 21.7 Å². The van der Waals surface area contributed by atoms with Crippen molar-refractivity contribution in [2.45, 2.75) is 34.6 Å². The molecule has 6 heteroatoms. The van der Waals surface area contributed by atoms with Crippen LogP contribution in [-0.4, -0.2) is 28.2 Å². The fourth-order valence-electron chi connectivity index (χ4n) is 3.19. The van der Waals surface area contributed by atoms with Crippen molar-refractivity contribution in [3.8, 4) is 0 Å². The maximum absolute atomic E-state index is 12.2. The molecule has 3 N–H and O–H groups in total. The lowest BCUT2D eigenvalue weighted by molar-refractivity contribution is 0.440. The molecule has 0 saturated carbocycles. The van der Waals surface area contributed by atoms with Gasteiger partial charge in [-0.25, -0.2) is 5.10 Å². The fourth-order valence-corrected chi connectivity index (χ4v) is 3.19. The Hall–Kier alpha value is -3.28. The molecule has 0 fully saturated rings. The predicted octanol–water partition coefficient (Wildman–Crippen LogP) is 2.90. The molecule has 0 spiro atoms. The van der Waals surface area contributed by atoms with Gasteiger partial charge in [-0.2, -0.15) is 5.10 Å². The highest BCUT2D eigenvalue weighted by molar-refractivity contribution is 5.86. The minimum atomic E-state index is -0.368. The normalized spacial score (nSPS) is 12.0. The number of nitrogens with two attached hydrogens (primary N) is 1. The van der Waals surface area contributed by atoms with E-state index in [1.807, 2.05) is 71.0 Å². The number of aromatic amines is 1. The minimum Gasteiger partial charge on any atom is -0.454 e. The molecule has 0 atom stereocenters. The summed E-state index contributed by atoms with van der Waals surface area (Å²) >= 11 is 0. The number of aryl methyl sites for hydroxylation is 1. The molecule has 0 aliphatic carbocycles. The zero-order valence-electron chi connectivity index (χ0n) is 17.9. The Balaban J connectivity index is 0.00000145. The van der Waals surface area contributed by atoms with Crippen molar-refractivity contribution in [3.05, 3.63) is 68.5 Å². The van der Waals surface area contributed by atoms with Crippen LogP contribution in [0.1, 0.15) is 39.0 Å². The second-order valence-electron chi connectivity index (χ2n) is 6.30. The summed E-state index contributed by atoms with van der Waals surface area (Å²) < 4.78 is 6.20. The molecule has 6 nitrogen and oxygen atoms in total. The number of allylic oxidation sites excluding steroid dienone is 1. The van der Waals surface area contributed by atoms with Gasteiger partial charge in [0.2, 0.25) is 0 Å². The van der Waals surface area contributed by atoms with E-state index in [9.17, 15) is 4.79 Å². The monoisotopic (exact) mass is 394 g/mol. The first-order valence-corrected chi connectivity index (χ1v) is 9.91. The smallest absolute Gasteiger partial charge is 0.271 e. The first-order valence-electron chi connectivity index (χ1n) is 9.91. The summed E-state index contributed by atoms with van der Waals surface area (Å²) in [5, 5.41) is 8.15. The van der Waals surface area contributed by atoms with Crippen LogP contribution in [0, 0.1) is 6.92 Å². The number of rotatable bonds is 5.